The zero-order chi connectivity index (χ0) is 46.5. The molecule has 0 aromatic rings. The Labute approximate surface area is 390 Å². The van der Waals surface area contributed by atoms with E-state index in [9.17, 15) is 14.4 Å². The lowest BCUT2D eigenvalue weighted by Gasteiger charge is -2.29. The zero-order valence-corrected chi connectivity index (χ0v) is 42.4. The van der Waals surface area contributed by atoms with E-state index in [1.165, 1.54) is 128 Å². The lowest BCUT2D eigenvalue weighted by Crippen LogP contribution is -2.40. The molecule has 0 unspecified atom stereocenters. The molecule has 0 saturated carbocycles. The van der Waals surface area contributed by atoms with Crippen molar-refractivity contribution in [2.24, 2.45) is 11.5 Å². The van der Waals surface area contributed by atoms with E-state index in [0.717, 1.165) is 64.2 Å². The molecular formula is C54H105N5O4. The quantitative estimate of drug-likeness (QED) is 0.0464. The van der Waals surface area contributed by atoms with Crippen LogP contribution in [0.3, 0.4) is 0 Å². The molecule has 3 amide bonds. The molecule has 0 aliphatic carbocycles. The van der Waals surface area contributed by atoms with E-state index in [1.807, 2.05) is 30.6 Å². The van der Waals surface area contributed by atoms with Crippen LogP contribution in [0.2, 0.25) is 0 Å². The lowest BCUT2D eigenvalue weighted by molar-refractivity contribution is -0.132. The van der Waals surface area contributed by atoms with Crippen molar-refractivity contribution in [2.45, 2.75) is 252 Å². The number of unbranched alkanes of at least 4 members (excludes halogenated alkanes) is 23. The van der Waals surface area contributed by atoms with Crippen molar-refractivity contribution in [3.8, 4) is 0 Å². The molecule has 0 aromatic heterocycles. The average molecular weight is 888 g/mol. The summed E-state index contributed by atoms with van der Waals surface area (Å²) in [4.78, 5) is 45.6. The highest BCUT2D eigenvalue weighted by molar-refractivity contribution is 5.76. The predicted octanol–water partition coefficient (Wildman–Crippen LogP) is 13.8. The van der Waals surface area contributed by atoms with E-state index in [-0.39, 0.29) is 17.9 Å². The van der Waals surface area contributed by atoms with E-state index in [2.05, 4.69) is 38.2 Å². The predicted molar refractivity (Wildman–Crippen MR) is 271 cm³/mol. The molecule has 4 N–H and O–H groups in total. The molecule has 9 heteroatoms. The third-order valence-corrected chi connectivity index (χ3v) is 11.9. The summed E-state index contributed by atoms with van der Waals surface area (Å²) in [6.45, 7) is 15.0. The largest absolute Gasteiger partial charge is 0.444 e. The van der Waals surface area contributed by atoms with Gasteiger partial charge in [0.1, 0.15) is 5.60 Å². The third kappa shape index (κ3) is 40.8. The van der Waals surface area contributed by atoms with E-state index >= 15 is 0 Å². The molecule has 370 valence electrons. The number of carbonyl (C=O) groups is 3. The van der Waals surface area contributed by atoms with Gasteiger partial charge in [-0.15, -0.1) is 0 Å². The van der Waals surface area contributed by atoms with Crippen LogP contribution < -0.4 is 11.5 Å². The van der Waals surface area contributed by atoms with Gasteiger partial charge in [-0.05, 0) is 130 Å². The van der Waals surface area contributed by atoms with Gasteiger partial charge in [0.2, 0.25) is 11.8 Å². The van der Waals surface area contributed by atoms with Gasteiger partial charge >= 0.3 is 6.09 Å². The van der Waals surface area contributed by atoms with Gasteiger partial charge in [-0.2, -0.15) is 0 Å². The first-order valence-electron chi connectivity index (χ1n) is 26.8. The number of hydrogen-bond acceptors (Lipinski definition) is 6. The Bertz CT molecular complexity index is 1110. The third-order valence-electron chi connectivity index (χ3n) is 11.9. The summed E-state index contributed by atoms with van der Waals surface area (Å²) in [7, 11) is 0. The fourth-order valence-electron chi connectivity index (χ4n) is 7.98. The van der Waals surface area contributed by atoms with Crippen molar-refractivity contribution in [3.05, 3.63) is 24.3 Å². The minimum atomic E-state index is -0.599. The Morgan fingerprint density at radius 2 is 0.698 bits per heavy atom. The smallest absolute Gasteiger partial charge is 0.410 e. The van der Waals surface area contributed by atoms with Crippen molar-refractivity contribution < 1.29 is 19.1 Å². The summed E-state index contributed by atoms with van der Waals surface area (Å²) in [6, 6.07) is 0. The molecule has 9 nitrogen and oxygen atoms in total. The highest BCUT2D eigenvalue weighted by Gasteiger charge is 2.23. The fraction of sp³-hybridized carbons (Fsp3) is 0.870. The van der Waals surface area contributed by atoms with Crippen molar-refractivity contribution in [3.63, 3.8) is 0 Å². The molecule has 0 aliphatic rings. The number of nitrogens with two attached hydrogens (primary N) is 2. The van der Waals surface area contributed by atoms with Crippen molar-refractivity contribution in [1.29, 1.82) is 0 Å². The standard InChI is InChI=1S/C54H105N5O4/c1-6-8-10-12-14-16-18-20-22-24-26-28-30-32-34-41-51(60)57(47-38-43-55)45-36-37-46-59(53(62)63-54(3,4)5)50-40-49-58(48-39-44-56)52(61)42-35-33-31-29-27-25-23-21-19-17-15-13-11-9-7-2/h20-23H,6-19,24-50,55-56H2,1-5H3/b22-20+,23-21+. The van der Waals surface area contributed by atoms with Crippen LogP contribution in [-0.2, 0) is 14.3 Å². The summed E-state index contributed by atoms with van der Waals surface area (Å²) in [5.74, 6) is 0.406. The molecular weight excluding hydrogens is 783 g/mol. The van der Waals surface area contributed by atoms with Crippen molar-refractivity contribution in [2.75, 3.05) is 52.4 Å². The zero-order valence-electron chi connectivity index (χ0n) is 42.4. The van der Waals surface area contributed by atoms with Gasteiger partial charge in [0.25, 0.3) is 0 Å². The van der Waals surface area contributed by atoms with Crippen LogP contribution in [0.5, 0.6) is 0 Å². The summed E-state index contributed by atoms with van der Waals surface area (Å²) in [5.41, 5.74) is 11.1. The Morgan fingerprint density at radius 1 is 0.397 bits per heavy atom. The topological polar surface area (TPSA) is 122 Å². The molecule has 0 aliphatic heterocycles. The minimum absolute atomic E-state index is 0.189. The van der Waals surface area contributed by atoms with Gasteiger partial charge in [0.05, 0.1) is 0 Å². The summed E-state index contributed by atoms with van der Waals surface area (Å²) < 4.78 is 5.80. The van der Waals surface area contributed by atoms with Crippen molar-refractivity contribution >= 4 is 17.9 Å². The van der Waals surface area contributed by atoms with Crippen LogP contribution in [0.1, 0.15) is 247 Å². The molecule has 0 saturated heterocycles. The second-order valence-electron chi connectivity index (χ2n) is 19.2. The second-order valence-corrected chi connectivity index (χ2v) is 19.2. The number of nitrogens with zero attached hydrogens (tertiary/aromatic N) is 3. The Balaban J connectivity index is 4.68. The monoisotopic (exact) mass is 888 g/mol. The number of ether oxygens (including phenoxy) is 1. The Morgan fingerprint density at radius 3 is 1.06 bits per heavy atom. The number of amides is 3. The number of rotatable bonds is 45. The molecule has 0 aromatic carbocycles. The van der Waals surface area contributed by atoms with Gasteiger partial charge in [0.15, 0.2) is 0 Å². The molecule has 63 heavy (non-hydrogen) atoms. The second kappa shape index (κ2) is 44.8. The Kier molecular flexibility index (Phi) is 43.1. The maximum absolute atomic E-state index is 13.3. The van der Waals surface area contributed by atoms with Gasteiger partial charge in [0, 0.05) is 52.1 Å². The minimum Gasteiger partial charge on any atom is -0.444 e. The van der Waals surface area contributed by atoms with Crippen LogP contribution >= 0.6 is 0 Å². The van der Waals surface area contributed by atoms with Gasteiger partial charge in [-0.25, -0.2) is 4.79 Å². The molecule has 0 atom stereocenters. The highest BCUT2D eigenvalue weighted by Crippen LogP contribution is 2.16. The summed E-state index contributed by atoms with van der Waals surface area (Å²) >= 11 is 0. The van der Waals surface area contributed by atoms with Crippen LogP contribution in [0.25, 0.3) is 0 Å². The molecule has 0 bridgehead atoms. The summed E-state index contributed by atoms with van der Waals surface area (Å²) in [5, 5.41) is 0. The number of carbonyl (C=O) groups excluding carboxylic acids is 3. The number of hydrogen-bond donors (Lipinski definition) is 2. The number of allylic oxidation sites excluding steroid dienone is 4. The Hall–Kier alpha value is -2.39. The molecule has 0 fully saturated rings. The van der Waals surface area contributed by atoms with E-state index in [1.54, 1.807) is 4.90 Å². The maximum Gasteiger partial charge on any atom is 0.410 e. The lowest BCUT2D eigenvalue weighted by atomic mass is 10.1. The first-order chi connectivity index (χ1) is 30.6. The van der Waals surface area contributed by atoms with Crippen LogP contribution in [0.4, 0.5) is 4.79 Å². The van der Waals surface area contributed by atoms with Crippen LogP contribution in [0, 0.1) is 0 Å². The van der Waals surface area contributed by atoms with E-state index < -0.39 is 5.60 Å². The normalized spacial score (nSPS) is 11.9. The maximum atomic E-state index is 13.3. The molecule has 0 radical (unpaired) electrons. The van der Waals surface area contributed by atoms with Crippen LogP contribution in [-0.4, -0.2) is 90.6 Å². The van der Waals surface area contributed by atoms with Gasteiger partial charge < -0.3 is 30.9 Å². The van der Waals surface area contributed by atoms with E-state index in [4.69, 9.17) is 16.2 Å². The van der Waals surface area contributed by atoms with E-state index in [0.29, 0.717) is 71.6 Å². The highest BCUT2D eigenvalue weighted by atomic mass is 16.6. The van der Waals surface area contributed by atoms with Gasteiger partial charge in [-0.3, -0.25) is 9.59 Å². The SMILES string of the molecule is CCCCCCCC/C=C/CCCCCCCC(=O)N(CCCN)CCCCN(CCCN(CCCN)C(=O)CCCCCCC/C=C/CCCCCCCC)C(=O)OC(C)(C)C. The van der Waals surface area contributed by atoms with Crippen molar-refractivity contribution in [1.82, 2.24) is 14.7 Å². The summed E-state index contributed by atoms with van der Waals surface area (Å²) in [6.07, 6.45) is 46.3. The molecule has 0 heterocycles. The average Bonchev–Trinajstić information content (AvgIpc) is 3.25. The first kappa shape index (κ1) is 60.6. The van der Waals surface area contributed by atoms with Gasteiger partial charge in [-0.1, -0.05) is 141 Å². The first-order valence-corrected chi connectivity index (χ1v) is 26.8. The van der Waals surface area contributed by atoms with Crippen LogP contribution in [0.15, 0.2) is 24.3 Å². The molecule has 0 rings (SSSR count). The fourth-order valence-corrected chi connectivity index (χ4v) is 7.98. The molecule has 0 spiro atoms.